The van der Waals surface area contributed by atoms with Crippen LogP contribution in [-0.4, -0.2) is 68.9 Å². The zero-order valence-corrected chi connectivity index (χ0v) is 17.3. The van der Waals surface area contributed by atoms with Crippen molar-refractivity contribution in [1.29, 1.82) is 0 Å². The highest BCUT2D eigenvalue weighted by Gasteiger charge is 2.23. The highest BCUT2D eigenvalue weighted by atomic mass is 16.2. The molecular weight excluding hydrogens is 364 g/mol. The molecule has 1 aliphatic heterocycles. The quantitative estimate of drug-likeness (QED) is 0.794. The normalized spacial score (nSPS) is 15.1. The van der Waals surface area contributed by atoms with Gasteiger partial charge in [0.2, 0.25) is 0 Å². The van der Waals surface area contributed by atoms with E-state index in [4.69, 9.17) is 0 Å². The summed E-state index contributed by atoms with van der Waals surface area (Å²) in [5, 5.41) is 2.83. The highest BCUT2D eigenvalue weighted by molar-refractivity contribution is 6.05. The minimum Gasteiger partial charge on any atom is -0.378 e. The van der Waals surface area contributed by atoms with Gasteiger partial charge in [0.05, 0.1) is 0 Å². The van der Waals surface area contributed by atoms with Crippen molar-refractivity contribution < 1.29 is 9.59 Å². The average molecular weight is 393 g/mol. The maximum absolute atomic E-state index is 13.2. The van der Waals surface area contributed by atoms with Gasteiger partial charge in [-0.1, -0.05) is 30.3 Å². The first-order chi connectivity index (χ1) is 13.9. The number of carbonyl (C=O) groups excluding carboxylic acids is 2. The number of hydrogen-bond acceptors (Lipinski definition) is 4. The van der Waals surface area contributed by atoms with Crippen molar-refractivity contribution in [3.05, 3.63) is 71.4 Å². The van der Waals surface area contributed by atoms with E-state index in [1.807, 2.05) is 56.4 Å². The molecule has 0 unspecified atom stereocenters. The lowest BCUT2D eigenvalue weighted by molar-refractivity contribution is -0.128. The van der Waals surface area contributed by atoms with Crippen LogP contribution in [0.2, 0.25) is 0 Å². The zero-order chi connectivity index (χ0) is 20.8. The molecule has 2 amide bonds. The molecule has 0 spiro atoms. The van der Waals surface area contributed by atoms with E-state index in [0.717, 1.165) is 24.3 Å². The smallest absolute Gasteiger partial charge is 0.270 e. The minimum absolute atomic E-state index is 0.154. The van der Waals surface area contributed by atoms with Gasteiger partial charge in [-0.3, -0.25) is 9.59 Å². The van der Waals surface area contributed by atoms with Gasteiger partial charge < -0.3 is 20.0 Å². The van der Waals surface area contributed by atoms with E-state index < -0.39 is 0 Å². The van der Waals surface area contributed by atoms with E-state index in [9.17, 15) is 9.59 Å². The highest BCUT2D eigenvalue weighted by Crippen LogP contribution is 2.16. The molecule has 6 heteroatoms. The molecule has 1 heterocycles. The molecule has 0 bridgehead atoms. The summed E-state index contributed by atoms with van der Waals surface area (Å²) in [5.74, 6) is -0.441. The summed E-state index contributed by atoms with van der Waals surface area (Å²) in [6.07, 6.45) is 1.75. The molecule has 0 saturated carbocycles. The molecule has 0 atom stereocenters. The van der Waals surface area contributed by atoms with Crippen LogP contribution in [0, 0.1) is 0 Å². The van der Waals surface area contributed by atoms with Gasteiger partial charge in [0, 0.05) is 51.5 Å². The third-order valence-corrected chi connectivity index (χ3v) is 5.03. The van der Waals surface area contributed by atoms with E-state index in [0.29, 0.717) is 24.4 Å². The first-order valence-corrected chi connectivity index (χ1v) is 9.77. The molecule has 2 aromatic carbocycles. The Hall–Kier alpha value is -3.12. The number of likely N-dealkylation sites (N-methyl/N-ethyl adjacent to an activating group) is 1. The molecule has 1 N–H and O–H groups in total. The SMILES string of the molecule is CN1CCN(C(=O)C(=Cc2ccc(N(C)C)cc2)NC(=O)c2ccccc2)CC1. The average Bonchev–Trinajstić information content (AvgIpc) is 2.74. The predicted molar refractivity (Wildman–Crippen MR) is 117 cm³/mol. The van der Waals surface area contributed by atoms with Crippen LogP contribution in [0.5, 0.6) is 0 Å². The molecule has 1 aliphatic rings. The minimum atomic E-state index is -0.288. The van der Waals surface area contributed by atoms with Crippen LogP contribution in [-0.2, 0) is 4.79 Å². The van der Waals surface area contributed by atoms with E-state index in [1.54, 1.807) is 35.2 Å². The predicted octanol–water partition coefficient (Wildman–Crippen LogP) is 2.30. The van der Waals surface area contributed by atoms with Crippen LogP contribution in [0.3, 0.4) is 0 Å². The van der Waals surface area contributed by atoms with Crippen molar-refractivity contribution >= 4 is 23.6 Å². The number of piperazine rings is 1. The number of nitrogens with one attached hydrogen (secondary N) is 1. The topological polar surface area (TPSA) is 55.9 Å². The lowest BCUT2D eigenvalue weighted by Gasteiger charge is -2.33. The van der Waals surface area contributed by atoms with Gasteiger partial charge in [-0.2, -0.15) is 0 Å². The second-order valence-electron chi connectivity index (χ2n) is 7.46. The summed E-state index contributed by atoms with van der Waals surface area (Å²) in [6, 6.07) is 16.8. The number of hydrogen-bond donors (Lipinski definition) is 1. The first-order valence-electron chi connectivity index (χ1n) is 9.77. The van der Waals surface area contributed by atoms with Gasteiger partial charge in [0.15, 0.2) is 0 Å². The molecule has 0 aliphatic carbocycles. The monoisotopic (exact) mass is 392 g/mol. The second kappa shape index (κ2) is 9.39. The molecule has 6 nitrogen and oxygen atoms in total. The van der Waals surface area contributed by atoms with Crippen LogP contribution in [0.25, 0.3) is 6.08 Å². The van der Waals surface area contributed by atoms with Crippen LogP contribution >= 0.6 is 0 Å². The van der Waals surface area contributed by atoms with E-state index in [-0.39, 0.29) is 11.8 Å². The van der Waals surface area contributed by atoms with Crippen LogP contribution in [0.15, 0.2) is 60.3 Å². The summed E-state index contributed by atoms with van der Waals surface area (Å²) in [7, 11) is 6.00. The number of rotatable bonds is 5. The van der Waals surface area contributed by atoms with Crippen LogP contribution in [0.1, 0.15) is 15.9 Å². The van der Waals surface area contributed by atoms with Crippen molar-refractivity contribution in [3.63, 3.8) is 0 Å². The molecule has 0 aromatic heterocycles. The van der Waals surface area contributed by atoms with Gasteiger partial charge in [-0.15, -0.1) is 0 Å². The van der Waals surface area contributed by atoms with Gasteiger partial charge in [0.25, 0.3) is 11.8 Å². The summed E-state index contributed by atoms with van der Waals surface area (Å²) < 4.78 is 0. The number of nitrogens with zero attached hydrogens (tertiary/aromatic N) is 3. The first kappa shape index (κ1) is 20.6. The summed E-state index contributed by atoms with van der Waals surface area (Å²) in [5.41, 5.74) is 2.75. The number of anilines is 1. The Labute approximate surface area is 172 Å². The lowest BCUT2D eigenvalue weighted by Crippen LogP contribution is -2.49. The van der Waals surface area contributed by atoms with Gasteiger partial charge >= 0.3 is 0 Å². The summed E-state index contributed by atoms with van der Waals surface area (Å²) >= 11 is 0. The molecule has 1 fully saturated rings. The molecule has 2 aromatic rings. The largest absolute Gasteiger partial charge is 0.378 e. The third kappa shape index (κ3) is 5.45. The van der Waals surface area contributed by atoms with E-state index in [1.165, 1.54) is 0 Å². The van der Waals surface area contributed by atoms with Gasteiger partial charge in [-0.05, 0) is 43.0 Å². The van der Waals surface area contributed by atoms with Crippen molar-refractivity contribution in [2.24, 2.45) is 0 Å². The Morgan fingerprint density at radius 1 is 0.931 bits per heavy atom. The van der Waals surface area contributed by atoms with Crippen LogP contribution in [0.4, 0.5) is 5.69 Å². The van der Waals surface area contributed by atoms with Crippen molar-refractivity contribution in [2.45, 2.75) is 0 Å². The molecule has 0 radical (unpaired) electrons. The van der Waals surface area contributed by atoms with Crippen molar-refractivity contribution in [1.82, 2.24) is 15.1 Å². The van der Waals surface area contributed by atoms with Gasteiger partial charge in [0.1, 0.15) is 5.70 Å². The maximum Gasteiger partial charge on any atom is 0.270 e. The number of benzene rings is 2. The molecule has 3 rings (SSSR count). The molecule has 152 valence electrons. The second-order valence-corrected chi connectivity index (χ2v) is 7.46. The Morgan fingerprint density at radius 3 is 2.14 bits per heavy atom. The fourth-order valence-corrected chi connectivity index (χ4v) is 3.15. The van der Waals surface area contributed by atoms with E-state index >= 15 is 0 Å². The van der Waals surface area contributed by atoms with Crippen LogP contribution < -0.4 is 10.2 Å². The van der Waals surface area contributed by atoms with Gasteiger partial charge in [-0.25, -0.2) is 0 Å². The Kier molecular flexibility index (Phi) is 6.67. The Bertz CT molecular complexity index is 868. The number of amides is 2. The van der Waals surface area contributed by atoms with Crippen molar-refractivity contribution in [2.75, 3.05) is 52.2 Å². The summed E-state index contributed by atoms with van der Waals surface area (Å²) in [6.45, 7) is 2.94. The Balaban J connectivity index is 1.86. The summed E-state index contributed by atoms with van der Waals surface area (Å²) in [4.78, 5) is 31.9. The molecule has 29 heavy (non-hydrogen) atoms. The standard InChI is InChI=1S/C23H28N4O2/c1-25(2)20-11-9-18(10-12-20)17-21(23(29)27-15-13-26(3)14-16-27)24-22(28)19-7-5-4-6-8-19/h4-12,17H,13-16H2,1-3H3,(H,24,28). The Morgan fingerprint density at radius 2 is 1.55 bits per heavy atom. The lowest BCUT2D eigenvalue weighted by atomic mass is 10.1. The van der Waals surface area contributed by atoms with E-state index in [2.05, 4.69) is 10.2 Å². The maximum atomic E-state index is 13.2. The fourth-order valence-electron chi connectivity index (χ4n) is 3.15. The fraction of sp³-hybridized carbons (Fsp3) is 0.304. The zero-order valence-electron chi connectivity index (χ0n) is 17.3. The number of carbonyl (C=O) groups is 2. The third-order valence-electron chi connectivity index (χ3n) is 5.03. The molecular formula is C23H28N4O2. The van der Waals surface area contributed by atoms with Crippen molar-refractivity contribution in [3.8, 4) is 0 Å². The molecule has 1 saturated heterocycles.